The molecule has 1 rings (SSSR count). The molecule has 3 N–H and O–H groups in total. The molecule has 0 aliphatic carbocycles. The van der Waals surface area contributed by atoms with E-state index in [1.165, 1.54) is 0 Å². The molecule has 1 unspecified atom stereocenters. The second-order valence-corrected chi connectivity index (χ2v) is 6.10. The van der Waals surface area contributed by atoms with E-state index in [-0.39, 0.29) is 17.7 Å². The number of amides is 2. The normalized spacial score (nSPS) is 17.7. The van der Waals surface area contributed by atoms with E-state index in [0.29, 0.717) is 13.1 Å². The molecule has 20 heavy (non-hydrogen) atoms. The van der Waals surface area contributed by atoms with Gasteiger partial charge in [-0.05, 0) is 13.5 Å². The van der Waals surface area contributed by atoms with E-state index in [1.54, 1.807) is 7.05 Å². The van der Waals surface area contributed by atoms with Crippen molar-refractivity contribution < 1.29 is 9.59 Å². The van der Waals surface area contributed by atoms with Gasteiger partial charge in [-0.3, -0.25) is 9.59 Å². The van der Waals surface area contributed by atoms with Crippen molar-refractivity contribution in [3.63, 3.8) is 0 Å². The van der Waals surface area contributed by atoms with Crippen LogP contribution >= 0.6 is 0 Å². The Morgan fingerprint density at radius 3 is 2.45 bits per heavy atom. The van der Waals surface area contributed by atoms with Crippen molar-refractivity contribution in [1.29, 1.82) is 0 Å². The molecule has 6 nitrogen and oxygen atoms in total. The number of carbonyl (C=O) groups is 2. The van der Waals surface area contributed by atoms with Crippen LogP contribution in [0.15, 0.2) is 0 Å². The van der Waals surface area contributed by atoms with Crippen LogP contribution in [-0.2, 0) is 9.59 Å². The Balaban J connectivity index is 2.54. The molecule has 0 bridgehead atoms. The van der Waals surface area contributed by atoms with E-state index in [2.05, 4.69) is 16.0 Å². The first-order valence-electron chi connectivity index (χ1n) is 7.31. The van der Waals surface area contributed by atoms with Crippen LogP contribution in [0.4, 0.5) is 0 Å². The lowest BCUT2D eigenvalue weighted by Crippen LogP contribution is -2.51. The quantitative estimate of drug-likeness (QED) is 0.589. The maximum Gasteiger partial charge on any atom is 0.228 e. The van der Waals surface area contributed by atoms with Crippen molar-refractivity contribution in [3.8, 4) is 0 Å². The minimum atomic E-state index is -0.506. The molecule has 2 amide bonds. The molecule has 0 radical (unpaired) electrons. The molecular formula is C14H28N4O2. The zero-order valence-electron chi connectivity index (χ0n) is 13.1. The van der Waals surface area contributed by atoms with E-state index in [4.69, 9.17) is 0 Å². The fourth-order valence-electron chi connectivity index (χ4n) is 2.59. The van der Waals surface area contributed by atoms with Gasteiger partial charge in [0.25, 0.3) is 0 Å². The van der Waals surface area contributed by atoms with Crippen LogP contribution in [0.5, 0.6) is 0 Å². The molecule has 1 fully saturated rings. The third-order valence-electron chi connectivity index (χ3n) is 3.69. The van der Waals surface area contributed by atoms with Crippen molar-refractivity contribution >= 4 is 11.8 Å². The van der Waals surface area contributed by atoms with E-state index < -0.39 is 5.41 Å². The van der Waals surface area contributed by atoms with Crippen LogP contribution in [0.25, 0.3) is 0 Å². The van der Waals surface area contributed by atoms with Gasteiger partial charge in [-0.25, -0.2) is 0 Å². The molecule has 1 heterocycles. The van der Waals surface area contributed by atoms with Crippen LogP contribution in [-0.4, -0.2) is 56.6 Å². The lowest BCUT2D eigenvalue weighted by Gasteiger charge is -2.35. The highest BCUT2D eigenvalue weighted by atomic mass is 16.2. The smallest absolute Gasteiger partial charge is 0.228 e. The maximum absolute atomic E-state index is 12.5. The van der Waals surface area contributed by atoms with E-state index in [0.717, 1.165) is 26.2 Å². The Labute approximate surface area is 121 Å². The Morgan fingerprint density at radius 1 is 1.30 bits per heavy atom. The molecule has 116 valence electrons. The molecular weight excluding hydrogens is 256 g/mol. The van der Waals surface area contributed by atoms with Crippen LogP contribution in [0.1, 0.15) is 27.2 Å². The monoisotopic (exact) mass is 284 g/mol. The topological polar surface area (TPSA) is 73.5 Å². The Hall–Kier alpha value is -1.14. The fraction of sp³-hybridized carbons (Fsp3) is 0.857. The molecule has 0 saturated carbocycles. The number of piperazine rings is 1. The number of rotatable bonds is 6. The standard InChI is InChI=1S/C14H28N4O2/c1-11(12(19)17-10-15-4)9-14(2,3)13(20)18-7-5-16-6-8-18/h11,15-16H,5-10H2,1-4H3,(H,17,19). The average Bonchev–Trinajstić information content (AvgIpc) is 2.44. The fourth-order valence-corrected chi connectivity index (χ4v) is 2.59. The lowest BCUT2D eigenvalue weighted by molar-refractivity contribution is -0.142. The summed E-state index contributed by atoms with van der Waals surface area (Å²) in [6.45, 7) is 9.39. The van der Waals surface area contributed by atoms with Gasteiger partial charge < -0.3 is 20.9 Å². The number of hydrogen-bond acceptors (Lipinski definition) is 4. The van der Waals surface area contributed by atoms with E-state index in [1.807, 2.05) is 25.7 Å². The third kappa shape index (κ3) is 4.76. The summed E-state index contributed by atoms with van der Waals surface area (Å²) in [5, 5.41) is 8.90. The first-order valence-corrected chi connectivity index (χ1v) is 7.31. The van der Waals surface area contributed by atoms with Crippen LogP contribution in [0.2, 0.25) is 0 Å². The molecule has 1 aliphatic rings. The van der Waals surface area contributed by atoms with Crippen LogP contribution < -0.4 is 16.0 Å². The summed E-state index contributed by atoms with van der Waals surface area (Å²) in [5.41, 5.74) is -0.506. The van der Waals surface area contributed by atoms with Crippen molar-refractivity contribution in [2.45, 2.75) is 27.2 Å². The summed E-state index contributed by atoms with van der Waals surface area (Å²) in [7, 11) is 1.78. The second kappa shape index (κ2) is 7.59. The van der Waals surface area contributed by atoms with Gasteiger partial charge >= 0.3 is 0 Å². The average molecular weight is 284 g/mol. The molecule has 0 aromatic rings. The van der Waals surface area contributed by atoms with Gasteiger partial charge in [0.15, 0.2) is 0 Å². The summed E-state index contributed by atoms with van der Waals surface area (Å²) in [4.78, 5) is 26.3. The zero-order valence-corrected chi connectivity index (χ0v) is 13.1. The number of carbonyl (C=O) groups excluding carboxylic acids is 2. The first kappa shape index (κ1) is 16.9. The SMILES string of the molecule is CNCNC(=O)C(C)CC(C)(C)C(=O)N1CCNCC1. The van der Waals surface area contributed by atoms with Crippen LogP contribution in [0, 0.1) is 11.3 Å². The predicted molar refractivity (Wildman–Crippen MR) is 79.1 cm³/mol. The summed E-state index contributed by atoms with van der Waals surface area (Å²) in [6.07, 6.45) is 0.561. The summed E-state index contributed by atoms with van der Waals surface area (Å²) in [6, 6.07) is 0. The van der Waals surface area contributed by atoms with Crippen molar-refractivity contribution in [2.24, 2.45) is 11.3 Å². The van der Waals surface area contributed by atoms with Gasteiger partial charge in [-0.1, -0.05) is 20.8 Å². The molecule has 1 saturated heterocycles. The van der Waals surface area contributed by atoms with Gasteiger partial charge in [0, 0.05) is 37.5 Å². The van der Waals surface area contributed by atoms with Crippen LogP contribution in [0.3, 0.4) is 0 Å². The van der Waals surface area contributed by atoms with Gasteiger partial charge in [-0.2, -0.15) is 0 Å². The van der Waals surface area contributed by atoms with Crippen molar-refractivity contribution in [2.75, 3.05) is 39.9 Å². The minimum Gasteiger partial charge on any atom is -0.343 e. The molecule has 1 aliphatic heterocycles. The van der Waals surface area contributed by atoms with Gasteiger partial charge in [-0.15, -0.1) is 0 Å². The molecule has 6 heteroatoms. The highest BCUT2D eigenvalue weighted by Gasteiger charge is 2.35. The third-order valence-corrected chi connectivity index (χ3v) is 3.69. The Bertz CT molecular complexity index is 338. The van der Waals surface area contributed by atoms with E-state index >= 15 is 0 Å². The molecule has 0 aromatic heterocycles. The Morgan fingerprint density at radius 2 is 1.90 bits per heavy atom. The minimum absolute atomic E-state index is 0.0134. The molecule has 0 spiro atoms. The summed E-state index contributed by atoms with van der Waals surface area (Å²) in [5.74, 6) is -0.0435. The number of nitrogens with zero attached hydrogens (tertiary/aromatic N) is 1. The van der Waals surface area contributed by atoms with Gasteiger partial charge in [0.1, 0.15) is 0 Å². The molecule has 0 aromatic carbocycles. The summed E-state index contributed by atoms with van der Waals surface area (Å²) >= 11 is 0. The zero-order chi connectivity index (χ0) is 15.2. The highest BCUT2D eigenvalue weighted by Crippen LogP contribution is 2.28. The number of hydrogen-bond donors (Lipinski definition) is 3. The predicted octanol–water partition coefficient (Wildman–Crippen LogP) is -0.236. The van der Waals surface area contributed by atoms with Gasteiger partial charge in [0.2, 0.25) is 11.8 Å². The molecule has 1 atom stereocenters. The van der Waals surface area contributed by atoms with Crippen molar-refractivity contribution in [3.05, 3.63) is 0 Å². The maximum atomic E-state index is 12.5. The second-order valence-electron chi connectivity index (χ2n) is 6.10. The summed E-state index contributed by atoms with van der Waals surface area (Å²) < 4.78 is 0. The largest absolute Gasteiger partial charge is 0.343 e. The highest BCUT2D eigenvalue weighted by molar-refractivity contribution is 5.84. The first-order chi connectivity index (χ1) is 9.38. The van der Waals surface area contributed by atoms with Gasteiger partial charge in [0.05, 0.1) is 6.67 Å². The number of nitrogens with one attached hydrogen (secondary N) is 3. The lowest BCUT2D eigenvalue weighted by atomic mass is 9.81. The van der Waals surface area contributed by atoms with Crippen molar-refractivity contribution in [1.82, 2.24) is 20.9 Å². The Kier molecular flexibility index (Phi) is 6.42. The van der Waals surface area contributed by atoms with E-state index in [9.17, 15) is 9.59 Å².